The van der Waals surface area contributed by atoms with Crippen LogP contribution in [0, 0.1) is 10.1 Å². The maximum Gasteiger partial charge on any atom is 0.343 e. The topological polar surface area (TPSA) is 105 Å². The van der Waals surface area contributed by atoms with Gasteiger partial charge in [-0.15, -0.1) is 0 Å². The fourth-order valence-electron chi connectivity index (χ4n) is 2.82. The number of ether oxygens (including phenoxy) is 3. The third kappa shape index (κ3) is 5.37. The minimum absolute atomic E-state index is 0.0530. The van der Waals surface area contributed by atoms with Crippen molar-refractivity contribution < 1.29 is 28.7 Å². The molecule has 3 aromatic rings. The van der Waals surface area contributed by atoms with Crippen LogP contribution in [-0.2, 0) is 0 Å². The van der Waals surface area contributed by atoms with Gasteiger partial charge in [0.25, 0.3) is 5.69 Å². The SMILES string of the molecule is COc1ccc(C=CC(=O)c2ccc(OC(=O)c3cccc([N+](=O)[O-])c3)cc2)cc1OC. The van der Waals surface area contributed by atoms with Crippen LogP contribution in [0.2, 0.25) is 0 Å². The van der Waals surface area contributed by atoms with Gasteiger partial charge in [0, 0.05) is 17.7 Å². The van der Waals surface area contributed by atoms with Gasteiger partial charge < -0.3 is 14.2 Å². The first-order valence-electron chi connectivity index (χ1n) is 9.42. The Labute approximate surface area is 183 Å². The van der Waals surface area contributed by atoms with Crippen molar-refractivity contribution in [1.29, 1.82) is 0 Å². The zero-order valence-corrected chi connectivity index (χ0v) is 17.3. The van der Waals surface area contributed by atoms with Crippen molar-refractivity contribution >= 4 is 23.5 Å². The summed E-state index contributed by atoms with van der Waals surface area (Å²) >= 11 is 0. The molecule has 0 spiro atoms. The number of rotatable bonds is 8. The first-order valence-corrected chi connectivity index (χ1v) is 9.42. The zero-order valence-electron chi connectivity index (χ0n) is 17.3. The first kappa shape index (κ1) is 22.2. The van der Waals surface area contributed by atoms with Crippen molar-refractivity contribution in [3.63, 3.8) is 0 Å². The van der Waals surface area contributed by atoms with E-state index in [1.807, 2.05) is 0 Å². The predicted molar refractivity (Wildman–Crippen MR) is 117 cm³/mol. The lowest BCUT2D eigenvalue weighted by Gasteiger charge is -2.07. The number of nitrogens with zero attached hydrogens (tertiary/aromatic N) is 1. The summed E-state index contributed by atoms with van der Waals surface area (Å²) in [5.41, 5.74) is 1.01. The van der Waals surface area contributed by atoms with Crippen LogP contribution in [-0.4, -0.2) is 30.9 Å². The molecule has 0 fully saturated rings. The average molecular weight is 433 g/mol. The number of carbonyl (C=O) groups excluding carboxylic acids is 2. The predicted octanol–water partition coefficient (Wildman–Crippen LogP) is 4.73. The number of hydrogen-bond acceptors (Lipinski definition) is 7. The summed E-state index contributed by atoms with van der Waals surface area (Å²) < 4.78 is 15.7. The second-order valence-electron chi connectivity index (χ2n) is 6.53. The van der Waals surface area contributed by atoms with E-state index < -0.39 is 10.9 Å². The van der Waals surface area contributed by atoms with Gasteiger partial charge in [0.15, 0.2) is 17.3 Å². The van der Waals surface area contributed by atoms with E-state index in [4.69, 9.17) is 14.2 Å². The highest BCUT2D eigenvalue weighted by molar-refractivity contribution is 6.07. The van der Waals surface area contributed by atoms with E-state index in [0.717, 1.165) is 11.6 Å². The summed E-state index contributed by atoms with van der Waals surface area (Å²) in [6, 6.07) is 16.5. The maximum absolute atomic E-state index is 12.4. The molecule has 0 radical (unpaired) electrons. The van der Waals surface area contributed by atoms with Gasteiger partial charge in [0.05, 0.1) is 24.7 Å². The number of benzene rings is 3. The van der Waals surface area contributed by atoms with Gasteiger partial charge in [0.1, 0.15) is 5.75 Å². The Morgan fingerprint density at radius 1 is 0.875 bits per heavy atom. The summed E-state index contributed by atoms with van der Waals surface area (Å²) in [4.78, 5) is 34.9. The molecule has 0 atom stereocenters. The first-order chi connectivity index (χ1) is 15.4. The molecule has 162 valence electrons. The Kier molecular flexibility index (Phi) is 6.97. The summed E-state index contributed by atoms with van der Waals surface area (Å²) in [5.74, 6) is 0.377. The van der Waals surface area contributed by atoms with Crippen LogP contribution < -0.4 is 14.2 Å². The second-order valence-corrected chi connectivity index (χ2v) is 6.53. The monoisotopic (exact) mass is 433 g/mol. The lowest BCUT2D eigenvalue weighted by molar-refractivity contribution is -0.384. The lowest BCUT2D eigenvalue weighted by atomic mass is 10.1. The normalized spacial score (nSPS) is 10.6. The number of methoxy groups -OCH3 is 2. The quantitative estimate of drug-likeness (QED) is 0.126. The largest absolute Gasteiger partial charge is 0.493 e. The summed E-state index contributed by atoms with van der Waals surface area (Å²) in [5, 5.41) is 10.8. The molecule has 0 aliphatic heterocycles. The number of non-ortho nitro benzene ring substituents is 1. The van der Waals surface area contributed by atoms with E-state index in [1.54, 1.807) is 31.4 Å². The molecule has 0 amide bonds. The van der Waals surface area contributed by atoms with Crippen LogP contribution in [0.4, 0.5) is 5.69 Å². The number of nitro groups is 1. The molecule has 8 nitrogen and oxygen atoms in total. The number of hydrogen-bond donors (Lipinski definition) is 0. The lowest BCUT2D eigenvalue weighted by Crippen LogP contribution is -2.09. The Morgan fingerprint density at radius 2 is 1.59 bits per heavy atom. The Morgan fingerprint density at radius 3 is 2.25 bits per heavy atom. The van der Waals surface area contributed by atoms with Crippen molar-refractivity contribution in [2.24, 2.45) is 0 Å². The molecule has 0 N–H and O–H groups in total. The van der Waals surface area contributed by atoms with E-state index in [2.05, 4.69) is 0 Å². The van der Waals surface area contributed by atoms with Crippen LogP contribution in [0.25, 0.3) is 6.08 Å². The smallest absolute Gasteiger partial charge is 0.343 e. The van der Waals surface area contributed by atoms with Gasteiger partial charge in [-0.2, -0.15) is 0 Å². The minimum atomic E-state index is -0.735. The highest BCUT2D eigenvalue weighted by atomic mass is 16.6. The average Bonchev–Trinajstić information content (AvgIpc) is 2.82. The summed E-state index contributed by atoms with van der Waals surface area (Å²) in [7, 11) is 3.07. The fourth-order valence-corrected chi connectivity index (χ4v) is 2.82. The summed E-state index contributed by atoms with van der Waals surface area (Å²) in [6.07, 6.45) is 3.08. The molecular weight excluding hydrogens is 414 g/mol. The third-order valence-electron chi connectivity index (χ3n) is 4.48. The maximum atomic E-state index is 12.4. The van der Waals surface area contributed by atoms with Crippen molar-refractivity contribution in [3.05, 3.63) is 99.6 Å². The van der Waals surface area contributed by atoms with E-state index in [1.165, 1.54) is 55.7 Å². The van der Waals surface area contributed by atoms with E-state index in [9.17, 15) is 19.7 Å². The molecular formula is C24H19NO7. The Bertz CT molecular complexity index is 1180. The van der Waals surface area contributed by atoms with E-state index in [-0.39, 0.29) is 22.8 Å². The van der Waals surface area contributed by atoms with Crippen molar-refractivity contribution in [2.45, 2.75) is 0 Å². The van der Waals surface area contributed by atoms with Crippen LogP contribution in [0.15, 0.2) is 72.8 Å². The molecule has 0 aliphatic carbocycles. The van der Waals surface area contributed by atoms with Crippen molar-refractivity contribution in [3.8, 4) is 17.2 Å². The van der Waals surface area contributed by atoms with Crippen LogP contribution >= 0.6 is 0 Å². The molecule has 0 saturated heterocycles. The molecule has 0 unspecified atom stereocenters. The number of allylic oxidation sites excluding steroid dienone is 1. The molecule has 3 aromatic carbocycles. The summed E-state index contributed by atoms with van der Waals surface area (Å²) in [6.45, 7) is 0. The van der Waals surface area contributed by atoms with E-state index >= 15 is 0 Å². The molecule has 0 saturated carbocycles. The third-order valence-corrected chi connectivity index (χ3v) is 4.48. The number of carbonyl (C=O) groups is 2. The van der Waals surface area contributed by atoms with Gasteiger partial charge in [-0.25, -0.2) is 4.79 Å². The number of nitro benzene ring substituents is 1. The van der Waals surface area contributed by atoms with Gasteiger partial charge >= 0.3 is 5.97 Å². The highest BCUT2D eigenvalue weighted by Crippen LogP contribution is 2.28. The standard InChI is InChI=1S/C24H19NO7/c1-30-22-13-7-16(14-23(22)31-2)6-12-21(26)17-8-10-20(11-9-17)32-24(27)18-4-3-5-19(15-18)25(28)29/h3-15H,1-2H3. The van der Waals surface area contributed by atoms with Gasteiger partial charge in [0.2, 0.25) is 0 Å². The van der Waals surface area contributed by atoms with Crippen molar-refractivity contribution in [2.75, 3.05) is 14.2 Å². The highest BCUT2D eigenvalue weighted by Gasteiger charge is 2.14. The fraction of sp³-hybridized carbons (Fsp3) is 0.0833. The molecule has 0 bridgehead atoms. The second kappa shape index (κ2) is 10.0. The van der Waals surface area contributed by atoms with Crippen LogP contribution in [0.1, 0.15) is 26.3 Å². The number of esters is 1. The Balaban J connectivity index is 1.67. The van der Waals surface area contributed by atoms with Gasteiger partial charge in [-0.1, -0.05) is 18.2 Å². The van der Waals surface area contributed by atoms with E-state index in [0.29, 0.717) is 17.1 Å². The van der Waals surface area contributed by atoms with Crippen LogP contribution in [0.5, 0.6) is 17.2 Å². The molecule has 0 heterocycles. The number of ketones is 1. The minimum Gasteiger partial charge on any atom is -0.493 e. The van der Waals surface area contributed by atoms with Gasteiger partial charge in [-0.3, -0.25) is 14.9 Å². The Hall–Kier alpha value is -4.46. The zero-order chi connectivity index (χ0) is 23.1. The molecule has 0 aliphatic rings. The van der Waals surface area contributed by atoms with Crippen molar-refractivity contribution in [1.82, 2.24) is 0 Å². The van der Waals surface area contributed by atoms with Crippen LogP contribution in [0.3, 0.4) is 0 Å². The molecule has 32 heavy (non-hydrogen) atoms. The molecule has 8 heteroatoms. The molecule has 3 rings (SSSR count). The van der Waals surface area contributed by atoms with Gasteiger partial charge in [-0.05, 0) is 54.1 Å². The molecule has 0 aromatic heterocycles.